The lowest BCUT2D eigenvalue weighted by molar-refractivity contribution is -0.170. The van der Waals surface area contributed by atoms with Gasteiger partial charge in [-0.1, -0.05) is 36.9 Å². The molecular formula is C15H12O5. The van der Waals surface area contributed by atoms with E-state index >= 15 is 0 Å². The monoisotopic (exact) mass is 272 g/mol. The number of hydrogen-bond acceptors (Lipinski definition) is 5. The molecule has 5 nitrogen and oxygen atoms in total. The Hall–Kier alpha value is -2.69. The van der Waals surface area contributed by atoms with Crippen molar-refractivity contribution in [1.29, 1.82) is 0 Å². The van der Waals surface area contributed by atoms with E-state index in [1.54, 1.807) is 30.3 Å². The van der Waals surface area contributed by atoms with Crippen molar-refractivity contribution < 1.29 is 23.9 Å². The van der Waals surface area contributed by atoms with Crippen LogP contribution in [0.4, 0.5) is 0 Å². The van der Waals surface area contributed by atoms with Crippen LogP contribution in [-0.2, 0) is 23.9 Å². The molecule has 0 amide bonds. The van der Waals surface area contributed by atoms with Gasteiger partial charge < -0.3 is 9.47 Å². The van der Waals surface area contributed by atoms with Gasteiger partial charge in [0.05, 0.1) is 6.26 Å². The van der Waals surface area contributed by atoms with Gasteiger partial charge in [0.1, 0.15) is 0 Å². The first-order chi connectivity index (χ1) is 9.52. The molecule has 0 bridgehead atoms. The van der Waals surface area contributed by atoms with E-state index in [1.165, 1.54) is 6.92 Å². The van der Waals surface area contributed by atoms with Crippen LogP contribution >= 0.6 is 0 Å². The lowest BCUT2D eigenvalue weighted by Crippen LogP contribution is -2.47. The van der Waals surface area contributed by atoms with E-state index in [0.29, 0.717) is 5.56 Å². The Morgan fingerprint density at radius 1 is 1.30 bits per heavy atom. The molecule has 0 radical (unpaired) electrons. The van der Waals surface area contributed by atoms with E-state index in [1.807, 2.05) is 0 Å². The van der Waals surface area contributed by atoms with Crippen LogP contribution in [0, 0.1) is 0 Å². The second-order valence-corrected chi connectivity index (χ2v) is 4.15. The maximum atomic E-state index is 12.1. The minimum Gasteiger partial charge on any atom is -0.432 e. The van der Waals surface area contributed by atoms with E-state index in [-0.39, 0.29) is 5.57 Å². The minimum absolute atomic E-state index is 0.169. The van der Waals surface area contributed by atoms with Gasteiger partial charge in [0.25, 0.3) is 5.60 Å². The molecule has 5 heteroatoms. The van der Waals surface area contributed by atoms with Crippen LogP contribution in [0.5, 0.6) is 0 Å². The first-order valence-corrected chi connectivity index (χ1v) is 5.86. The van der Waals surface area contributed by atoms with Gasteiger partial charge in [-0.2, -0.15) is 0 Å². The maximum Gasteiger partial charge on any atom is 0.368 e. The summed E-state index contributed by atoms with van der Waals surface area (Å²) in [7, 11) is 0. The SMILES string of the molecule is C=COC(=O)C1(C(C)=O)OC(=O)C=C1c1ccccc1. The van der Waals surface area contributed by atoms with Gasteiger partial charge in [-0.05, 0) is 12.5 Å². The van der Waals surface area contributed by atoms with Crippen LogP contribution in [0.1, 0.15) is 12.5 Å². The van der Waals surface area contributed by atoms with Crippen LogP contribution < -0.4 is 0 Å². The fraction of sp³-hybridized carbons (Fsp3) is 0.133. The summed E-state index contributed by atoms with van der Waals surface area (Å²) in [5, 5.41) is 0. The summed E-state index contributed by atoms with van der Waals surface area (Å²) in [5.74, 6) is -2.38. The fourth-order valence-corrected chi connectivity index (χ4v) is 2.07. The number of cyclic esters (lactones) is 1. The Labute approximate surface area is 115 Å². The number of rotatable bonds is 4. The molecule has 1 aromatic rings. The fourth-order valence-electron chi connectivity index (χ4n) is 2.07. The standard InChI is InChI=1S/C15H12O5/c1-3-19-14(18)15(10(2)16)12(9-13(17)20-15)11-7-5-4-6-8-11/h3-9H,1H2,2H3. The highest BCUT2D eigenvalue weighted by Crippen LogP contribution is 2.37. The summed E-state index contributed by atoms with van der Waals surface area (Å²) in [5.41, 5.74) is -1.36. The highest BCUT2D eigenvalue weighted by Gasteiger charge is 2.56. The van der Waals surface area contributed by atoms with Gasteiger partial charge in [-0.15, -0.1) is 0 Å². The molecular weight excluding hydrogens is 260 g/mol. The van der Waals surface area contributed by atoms with E-state index in [9.17, 15) is 14.4 Å². The first-order valence-electron chi connectivity index (χ1n) is 5.86. The van der Waals surface area contributed by atoms with Crippen molar-refractivity contribution in [3.63, 3.8) is 0 Å². The summed E-state index contributed by atoms with van der Waals surface area (Å²) in [4.78, 5) is 35.6. The van der Waals surface area contributed by atoms with E-state index < -0.39 is 23.3 Å². The van der Waals surface area contributed by atoms with Crippen molar-refractivity contribution in [2.45, 2.75) is 12.5 Å². The number of ketones is 1. The average molecular weight is 272 g/mol. The van der Waals surface area contributed by atoms with Crippen LogP contribution in [-0.4, -0.2) is 23.3 Å². The molecule has 1 heterocycles. The summed E-state index contributed by atoms with van der Waals surface area (Å²) in [6, 6.07) is 8.57. The molecule has 0 saturated heterocycles. The number of carbonyl (C=O) groups is 3. The van der Waals surface area contributed by atoms with Crippen molar-refractivity contribution >= 4 is 23.3 Å². The molecule has 0 aromatic heterocycles. The normalized spacial score (nSPS) is 20.9. The molecule has 20 heavy (non-hydrogen) atoms. The van der Waals surface area contributed by atoms with Gasteiger partial charge in [-0.3, -0.25) is 4.79 Å². The van der Waals surface area contributed by atoms with E-state index in [4.69, 9.17) is 4.74 Å². The Kier molecular flexibility index (Phi) is 3.52. The second-order valence-electron chi connectivity index (χ2n) is 4.15. The molecule has 0 N–H and O–H groups in total. The zero-order chi connectivity index (χ0) is 14.8. The molecule has 0 fully saturated rings. The Bertz CT molecular complexity index is 614. The molecule has 102 valence electrons. The topological polar surface area (TPSA) is 69.7 Å². The number of Topliss-reactive ketones (excluding diaryl/α,β-unsaturated/α-hetero) is 1. The minimum atomic E-state index is -2.06. The molecule has 1 aliphatic rings. The average Bonchev–Trinajstić information content (AvgIpc) is 2.79. The third-order valence-corrected chi connectivity index (χ3v) is 2.95. The van der Waals surface area contributed by atoms with Crippen molar-refractivity contribution in [3.05, 3.63) is 54.8 Å². The summed E-state index contributed by atoms with van der Waals surface area (Å²) in [6.07, 6.45) is 2.02. The largest absolute Gasteiger partial charge is 0.432 e. The van der Waals surface area contributed by atoms with Crippen LogP contribution in [0.25, 0.3) is 5.57 Å². The number of ether oxygens (including phenoxy) is 2. The molecule has 0 saturated carbocycles. The van der Waals surface area contributed by atoms with Crippen LogP contribution in [0.15, 0.2) is 49.2 Å². The molecule has 1 aliphatic heterocycles. The molecule has 1 aromatic carbocycles. The van der Waals surface area contributed by atoms with Gasteiger partial charge in [0.2, 0.25) is 0 Å². The lowest BCUT2D eigenvalue weighted by atomic mass is 9.86. The van der Waals surface area contributed by atoms with Crippen molar-refractivity contribution in [1.82, 2.24) is 0 Å². The van der Waals surface area contributed by atoms with Gasteiger partial charge in [-0.25, -0.2) is 9.59 Å². The van der Waals surface area contributed by atoms with Crippen molar-refractivity contribution in [2.24, 2.45) is 0 Å². The van der Waals surface area contributed by atoms with Crippen LogP contribution in [0.3, 0.4) is 0 Å². The second kappa shape index (κ2) is 5.13. The first kappa shape index (κ1) is 13.7. The Balaban J connectivity index is 2.59. The smallest absolute Gasteiger partial charge is 0.368 e. The van der Waals surface area contributed by atoms with Gasteiger partial charge in [0.15, 0.2) is 5.78 Å². The lowest BCUT2D eigenvalue weighted by Gasteiger charge is -2.25. The number of carbonyl (C=O) groups excluding carboxylic acids is 3. The summed E-state index contributed by atoms with van der Waals surface area (Å²) in [6.45, 7) is 4.43. The Morgan fingerprint density at radius 3 is 2.50 bits per heavy atom. The zero-order valence-electron chi connectivity index (χ0n) is 10.8. The van der Waals surface area contributed by atoms with Crippen LogP contribution in [0.2, 0.25) is 0 Å². The predicted molar refractivity (Wildman–Crippen MR) is 70.2 cm³/mol. The third-order valence-electron chi connectivity index (χ3n) is 2.95. The predicted octanol–water partition coefficient (Wildman–Crippen LogP) is 1.64. The molecule has 0 spiro atoms. The molecule has 1 unspecified atom stereocenters. The highest BCUT2D eigenvalue weighted by atomic mass is 16.6. The summed E-state index contributed by atoms with van der Waals surface area (Å²) < 4.78 is 9.66. The Morgan fingerprint density at radius 2 is 1.95 bits per heavy atom. The third kappa shape index (κ3) is 2.03. The van der Waals surface area contributed by atoms with Gasteiger partial charge in [0, 0.05) is 11.6 Å². The quantitative estimate of drug-likeness (QED) is 0.473. The van der Waals surface area contributed by atoms with Crippen molar-refractivity contribution in [2.75, 3.05) is 0 Å². The highest BCUT2D eigenvalue weighted by molar-refractivity contribution is 6.23. The van der Waals surface area contributed by atoms with E-state index in [0.717, 1.165) is 12.3 Å². The molecule has 1 atom stereocenters. The van der Waals surface area contributed by atoms with Crippen molar-refractivity contribution in [3.8, 4) is 0 Å². The summed E-state index contributed by atoms with van der Waals surface area (Å²) >= 11 is 0. The zero-order valence-corrected chi connectivity index (χ0v) is 10.8. The van der Waals surface area contributed by atoms with E-state index in [2.05, 4.69) is 11.3 Å². The number of hydrogen-bond donors (Lipinski definition) is 0. The van der Waals surface area contributed by atoms with Gasteiger partial charge >= 0.3 is 11.9 Å². The number of esters is 2. The molecule has 0 aliphatic carbocycles. The molecule has 2 rings (SSSR count). The number of benzene rings is 1. The maximum absolute atomic E-state index is 12.1.